The highest BCUT2D eigenvalue weighted by molar-refractivity contribution is 5.97. The van der Waals surface area contributed by atoms with Gasteiger partial charge in [0.25, 0.3) is 0 Å². The average Bonchev–Trinajstić information content (AvgIpc) is 3.54. The SMILES string of the molecule is C[C@H](NC(=O)[C@H](CCC(N)=O)NC(=O)[C@H](Cc1c[nH]c2ccccc12)NC(=O)[C@H](Cc1ccc(O)cc1)NC(=O)[C@@H](N)[C@@H](C)O)C(=O)N[C@@H](CC(N)=O)C(=O)O. The van der Waals surface area contributed by atoms with Crippen molar-refractivity contribution in [1.29, 1.82) is 0 Å². The highest BCUT2D eigenvalue weighted by Crippen LogP contribution is 2.20. The van der Waals surface area contributed by atoms with Crippen molar-refractivity contribution in [2.75, 3.05) is 0 Å². The fourth-order valence-corrected chi connectivity index (χ4v) is 5.47. The molecule has 3 aromatic rings. The molecule has 0 unspecified atom stereocenters. The first-order valence-corrected chi connectivity index (χ1v) is 17.4. The molecule has 15 N–H and O–H groups in total. The first-order valence-electron chi connectivity index (χ1n) is 17.4. The van der Waals surface area contributed by atoms with Crippen molar-refractivity contribution in [2.45, 2.75) is 88.3 Å². The molecule has 0 fully saturated rings. The Bertz CT molecular complexity index is 1920. The van der Waals surface area contributed by atoms with E-state index in [2.05, 4.69) is 31.6 Å². The Morgan fingerprint density at radius 3 is 1.84 bits per heavy atom. The van der Waals surface area contributed by atoms with Gasteiger partial charge >= 0.3 is 5.97 Å². The third kappa shape index (κ3) is 13.1. The molecule has 7 atom stereocenters. The number of phenols is 1. The van der Waals surface area contributed by atoms with Gasteiger partial charge in [0.1, 0.15) is 42.0 Å². The lowest BCUT2D eigenvalue weighted by atomic mass is 10.0. The van der Waals surface area contributed by atoms with Crippen LogP contribution < -0.4 is 43.8 Å². The highest BCUT2D eigenvalue weighted by Gasteiger charge is 2.33. The number of aliphatic hydroxyl groups excluding tert-OH is 1. The van der Waals surface area contributed by atoms with Crippen molar-refractivity contribution < 1.29 is 53.7 Å². The first kappa shape index (κ1) is 43.9. The second kappa shape index (κ2) is 20.2. The van der Waals surface area contributed by atoms with E-state index in [1.54, 1.807) is 30.5 Å². The summed E-state index contributed by atoms with van der Waals surface area (Å²) in [5.74, 6) is -8.09. The minimum atomic E-state index is -1.69. The normalized spacial score (nSPS) is 14.8. The molecule has 20 nitrogen and oxygen atoms in total. The summed E-state index contributed by atoms with van der Waals surface area (Å²) in [6, 6.07) is 4.01. The summed E-state index contributed by atoms with van der Waals surface area (Å²) < 4.78 is 0. The number of nitrogens with two attached hydrogens (primary N) is 3. The average molecular weight is 782 g/mol. The molecular formula is C36H47N9O11. The van der Waals surface area contributed by atoms with Gasteiger partial charge in [-0.3, -0.25) is 33.6 Å². The molecule has 0 aliphatic heterocycles. The fraction of sp³-hybridized carbons (Fsp3) is 0.389. The predicted molar refractivity (Wildman–Crippen MR) is 199 cm³/mol. The summed E-state index contributed by atoms with van der Waals surface area (Å²) in [5.41, 5.74) is 18.0. The molecular weight excluding hydrogens is 734 g/mol. The molecule has 0 saturated heterocycles. The van der Waals surface area contributed by atoms with Crippen LogP contribution in [0.1, 0.15) is 44.2 Å². The number of carbonyl (C=O) groups is 8. The Labute approximate surface area is 320 Å². The molecule has 302 valence electrons. The second-order valence-electron chi connectivity index (χ2n) is 13.2. The van der Waals surface area contributed by atoms with Crippen LogP contribution in [0.2, 0.25) is 0 Å². The maximum absolute atomic E-state index is 14.1. The van der Waals surface area contributed by atoms with Gasteiger partial charge in [-0.2, -0.15) is 0 Å². The van der Waals surface area contributed by atoms with Gasteiger partial charge in [0.05, 0.1) is 12.5 Å². The number of H-pyrrole nitrogens is 1. The predicted octanol–water partition coefficient (Wildman–Crippen LogP) is -2.96. The topological polar surface area (TPSA) is 351 Å². The number of aliphatic carboxylic acids is 1. The van der Waals surface area contributed by atoms with Gasteiger partial charge in [-0.15, -0.1) is 0 Å². The Hall–Kier alpha value is -6.54. The molecule has 20 heteroatoms. The molecule has 0 aliphatic rings. The minimum absolute atomic E-state index is 0.0529. The number of carboxylic acids is 1. The van der Waals surface area contributed by atoms with E-state index in [4.69, 9.17) is 17.2 Å². The number of fused-ring (bicyclic) bond motifs is 1. The molecule has 1 aromatic heterocycles. The number of hydrogen-bond acceptors (Lipinski definition) is 11. The van der Waals surface area contributed by atoms with Crippen molar-refractivity contribution in [3.63, 3.8) is 0 Å². The lowest BCUT2D eigenvalue weighted by Gasteiger charge is -2.27. The number of rotatable bonds is 21. The Morgan fingerprint density at radius 2 is 1.25 bits per heavy atom. The molecule has 0 spiro atoms. The summed E-state index contributed by atoms with van der Waals surface area (Å²) >= 11 is 0. The Balaban J connectivity index is 1.93. The van der Waals surface area contributed by atoms with Crippen LogP contribution >= 0.6 is 0 Å². The van der Waals surface area contributed by atoms with Crippen LogP contribution in [0.25, 0.3) is 10.9 Å². The summed E-state index contributed by atoms with van der Waals surface area (Å²) in [6.45, 7) is 2.49. The smallest absolute Gasteiger partial charge is 0.326 e. The molecule has 0 saturated carbocycles. The number of aromatic hydroxyl groups is 1. The molecule has 1 heterocycles. The first-order chi connectivity index (χ1) is 26.4. The van der Waals surface area contributed by atoms with E-state index in [1.165, 1.54) is 38.1 Å². The van der Waals surface area contributed by atoms with Crippen molar-refractivity contribution >= 4 is 58.2 Å². The maximum atomic E-state index is 14.1. The molecule has 7 amide bonds. The molecule has 56 heavy (non-hydrogen) atoms. The Kier molecular flexibility index (Phi) is 15.8. The number of primary amides is 2. The molecule has 0 radical (unpaired) electrons. The Morgan fingerprint density at radius 1 is 0.696 bits per heavy atom. The van der Waals surface area contributed by atoms with Crippen LogP contribution in [0.3, 0.4) is 0 Å². The van der Waals surface area contributed by atoms with E-state index in [0.29, 0.717) is 22.0 Å². The lowest BCUT2D eigenvalue weighted by molar-refractivity contribution is -0.143. The number of aromatic amines is 1. The zero-order valence-electron chi connectivity index (χ0n) is 30.6. The van der Waals surface area contributed by atoms with Gasteiger partial charge in [-0.25, -0.2) is 4.79 Å². The van der Waals surface area contributed by atoms with Crippen LogP contribution in [0.5, 0.6) is 5.75 Å². The monoisotopic (exact) mass is 781 g/mol. The number of hydrogen-bond donors (Lipinski definition) is 12. The van der Waals surface area contributed by atoms with Gasteiger partial charge in [0.2, 0.25) is 41.4 Å². The third-order valence-electron chi connectivity index (χ3n) is 8.65. The number of carboxylic acid groups (broad SMARTS) is 1. The van der Waals surface area contributed by atoms with Gasteiger partial charge < -0.3 is 64.1 Å². The van der Waals surface area contributed by atoms with Crippen molar-refractivity contribution in [2.24, 2.45) is 17.2 Å². The second-order valence-corrected chi connectivity index (χ2v) is 13.2. The number of aromatic nitrogens is 1. The third-order valence-corrected chi connectivity index (χ3v) is 8.65. The zero-order valence-corrected chi connectivity index (χ0v) is 30.6. The van der Waals surface area contributed by atoms with Gasteiger partial charge in [-0.05, 0) is 49.6 Å². The molecule has 0 aliphatic carbocycles. The van der Waals surface area contributed by atoms with Crippen molar-refractivity contribution in [1.82, 2.24) is 31.6 Å². The summed E-state index contributed by atoms with van der Waals surface area (Å²) in [4.78, 5) is 105. The number of nitrogens with one attached hydrogen (secondary N) is 6. The molecule has 2 aromatic carbocycles. The van der Waals surface area contributed by atoms with Crippen molar-refractivity contribution in [3.8, 4) is 5.75 Å². The van der Waals surface area contributed by atoms with Crippen LogP contribution in [0, 0.1) is 0 Å². The number of phenolic OH excluding ortho intramolecular Hbond substituents is 1. The quantitative estimate of drug-likeness (QED) is 0.0516. The number of para-hydroxylation sites is 1. The highest BCUT2D eigenvalue weighted by atomic mass is 16.4. The standard InChI is InChI=1S/C36H47N9O11/c1-17(31(50)45-27(36(55)56)15-29(38)49)41-32(51)24(11-12-28(37)48)42-34(53)26(14-20-16-40-23-6-4-3-5-22(20)23)43-33(52)25(44-35(54)30(39)18(2)46)13-19-7-9-21(47)10-8-19/h3-10,16-18,24-27,30,40,46-47H,11-15,39H2,1-2H3,(H2,37,48)(H2,38,49)(H,41,51)(H,42,53)(H,43,52)(H,44,54)(H,45,50)(H,55,56)/t17-,18+,24-,25-,26-,27-,30-/m0/s1. The summed E-state index contributed by atoms with van der Waals surface area (Å²) in [6.07, 6.45) is -1.44. The number of amides is 7. The van der Waals surface area contributed by atoms with Gasteiger partial charge in [-0.1, -0.05) is 30.3 Å². The summed E-state index contributed by atoms with van der Waals surface area (Å²) in [7, 11) is 0. The number of carbonyl (C=O) groups excluding carboxylic acids is 7. The fourth-order valence-electron chi connectivity index (χ4n) is 5.47. The number of benzene rings is 2. The van der Waals surface area contributed by atoms with E-state index >= 15 is 0 Å². The maximum Gasteiger partial charge on any atom is 0.326 e. The van der Waals surface area contributed by atoms with Crippen LogP contribution in [0.15, 0.2) is 54.7 Å². The van der Waals surface area contributed by atoms with E-state index < -0.39 is 103 Å². The van der Waals surface area contributed by atoms with Crippen LogP contribution in [-0.4, -0.2) is 110 Å². The van der Waals surface area contributed by atoms with Gasteiger partial charge in [0.15, 0.2) is 0 Å². The zero-order chi connectivity index (χ0) is 41.7. The van der Waals surface area contributed by atoms with Gasteiger partial charge in [0, 0.05) is 36.4 Å². The molecule has 3 rings (SSSR count). The number of aliphatic hydroxyl groups is 1. The summed E-state index contributed by atoms with van der Waals surface area (Å²) in [5, 5.41) is 41.7. The van der Waals surface area contributed by atoms with E-state index in [9.17, 15) is 53.7 Å². The minimum Gasteiger partial charge on any atom is -0.508 e. The van der Waals surface area contributed by atoms with Crippen LogP contribution in [-0.2, 0) is 51.2 Å². The lowest BCUT2D eigenvalue weighted by Crippen LogP contribution is -2.60. The molecule has 0 bridgehead atoms. The van der Waals surface area contributed by atoms with Crippen molar-refractivity contribution in [3.05, 3.63) is 65.9 Å². The largest absolute Gasteiger partial charge is 0.508 e. The van der Waals surface area contributed by atoms with E-state index in [-0.39, 0.29) is 25.0 Å². The van der Waals surface area contributed by atoms with E-state index in [0.717, 1.165) is 0 Å². The van der Waals surface area contributed by atoms with E-state index in [1.807, 2.05) is 0 Å². The van der Waals surface area contributed by atoms with Crippen LogP contribution in [0.4, 0.5) is 0 Å².